The Labute approximate surface area is 120 Å². The fourth-order valence-corrected chi connectivity index (χ4v) is 2.95. The Kier molecular flexibility index (Phi) is 4.42. The maximum absolute atomic E-state index is 13.1. The Morgan fingerprint density at radius 3 is 2.89 bits per heavy atom. The number of carbonyl (C=O) groups excluding carboxylic acids is 1. The van der Waals surface area contributed by atoms with Crippen molar-refractivity contribution in [2.24, 2.45) is 0 Å². The van der Waals surface area contributed by atoms with Gasteiger partial charge in [-0.1, -0.05) is 6.07 Å². The summed E-state index contributed by atoms with van der Waals surface area (Å²) < 4.78 is 13.9. The number of amides is 1. The molecule has 102 valence electrons. The standard InChI is InChI=1S/C14H15ClFNOS/c1-9(15)5-6-17(2)14(18)13-7-10-3-4-11(16)8-12(10)19-13/h3-4,7-9H,5-6H2,1-2H3. The summed E-state index contributed by atoms with van der Waals surface area (Å²) in [7, 11) is 1.76. The lowest BCUT2D eigenvalue weighted by Gasteiger charge is -2.16. The Morgan fingerprint density at radius 1 is 1.47 bits per heavy atom. The zero-order valence-corrected chi connectivity index (χ0v) is 12.4. The van der Waals surface area contributed by atoms with E-state index in [1.807, 2.05) is 13.0 Å². The van der Waals surface area contributed by atoms with Crippen molar-refractivity contribution in [1.29, 1.82) is 0 Å². The lowest BCUT2D eigenvalue weighted by atomic mass is 10.2. The summed E-state index contributed by atoms with van der Waals surface area (Å²) in [5, 5.41) is 0.945. The van der Waals surface area contributed by atoms with E-state index in [9.17, 15) is 9.18 Å². The molecule has 2 aromatic rings. The van der Waals surface area contributed by atoms with Crippen LogP contribution >= 0.6 is 22.9 Å². The van der Waals surface area contributed by atoms with Gasteiger partial charge in [-0.2, -0.15) is 0 Å². The second-order valence-electron chi connectivity index (χ2n) is 4.59. The zero-order valence-electron chi connectivity index (χ0n) is 10.8. The SMILES string of the molecule is CC(Cl)CCN(C)C(=O)c1cc2ccc(F)cc2s1. The zero-order chi connectivity index (χ0) is 14.0. The fourth-order valence-electron chi connectivity index (χ4n) is 1.77. The average molecular weight is 300 g/mol. The molecule has 0 saturated heterocycles. The predicted molar refractivity (Wildman–Crippen MR) is 78.7 cm³/mol. The Balaban J connectivity index is 2.16. The fraction of sp³-hybridized carbons (Fsp3) is 0.357. The monoisotopic (exact) mass is 299 g/mol. The molecule has 0 aliphatic rings. The molecule has 2 nitrogen and oxygen atoms in total. The molecule has 0 spiro atoms. The van der Waals surface area contributed by atoms with Gasteiger partial charge in [0, 0.05) is 23.7 Å². The van der Waals surface area contributed by atoms with Gasteiger partial charge in [0.15, 0.2) is 0 Å². The van der Waals surface area contributed by atoms with Crippen LogP contribution in [0.15, 0.2) is 24.3 Å². The summed E-state index contributed by atoms with van der Waals surface area (Å²) in [4.78, 5) is 14.5. The number of thiophene rings is 1. The summed E-state index contributed by atoms with van der Waals surface area (Å²) in [5.74, 6) is -0.323. The Morgan fingerprint density at radius 2 is 2.21 bits per heavy atom. The Hall–Kier alpha value is -1.13. The lowest BCUT2D eigenvalue weighted by molar-refractivity contribution is 0.0798. The smallest absolute Gasteiger partial charge is 0.263 e. The molecule has 0 saturated carbocycles. The van der Waals surface area contributed by atoms with Crippen molar-refractivity contribution in [1.82, 2.24) is 4.90 Å². The molecule has 0 aliphatic heterocycles. The van der Waals surface area contributed by atoms with Gasteiger partial charge in [-0.05, 0) is 36.9 Å². The number of carbonyl (C=O) groups is 1. The van der Waals surface area contributed by atoms with Crippen molar-refractivity contribution in [2.45, 2.75) is 18.7 Å². The molecule has 0 radical (unpaired) electrons. The van der Waals surface area contributed by atoms with E-state index < -0.39 is 0 Å². The number of halogens is 2. The van der Waals surface area contributed by atoms with Crippen LogP contribution in [0.1, 0.15) is 23.0 Å². The highest BCUT2D eigenvalue weighted by Gasteiger charge is 2.15. The molecule has 0 fully saturated rings. The first kappa shape index (κ1) is 14.3. The van der Waals surface area contributed by atoms with Crippen molar-refractivity contribution in [3.8, 4) is 0 Å². The predicted octanol–water partition coefficient (Wildman–Crippen LogP) is 4.13. The van der Waals surface area contributed by atoms with Crippen LogP contribution in [0.4, 0.5) is 4.39 Å². The highest BCUT2D eigenvalue weighted by molar-refractivity contribution is 7.20. The number of alkyl halides is 1. The van der Waals surface area contributed by atoms with Gasteiger partial charge in [-0.25, -0.2) is 4.39 Å². The van der Waals surface area contributed by atoms with Crippen molar-refractivity contribution in [3.05, 3.63) is 35.0 Å². The number of hydrogen-bond acceptors (Lipinski definition) is 2. The molecule has 19 heavy (non-hydrogen) atoms. The normalized spacial score (nSPS) is 12.6. The number of nitrogens with zero attached hydrogens (tertiary/aromatic N) is 1. The highest BCUT2D eigenvalue weighted by atomic mass is 35.5. The molecule has 0 bridgehead atoms. The van der Waals surface area contributed by atoms with Crippen LogP contribution in [0, 0.1) is 5.82 Å². The summed E-state index contributed by atoms with van der Waals surface area (Å²) in [6.07, 6.45) is 0.753. The summed E-state index contributed by atoms with van der Waals surface area (Å²) in [5.41, 5.74) is 0. The molecule has 1 unspecified atom stereocenters. The molecule has 1 aromatic carbocycles. The molecule has 1 atom stereocenters. The van der Waals surface area contributed by atoms with E-state index in [-0.39, 0.29) is 17.1 Å². The molecule has 1 heterocycles. The van der Waals surface area contributed by atoms with Crippen LogP contribution in [0.5, 0.6) is 0 Å². The molecule has 2 rings (SSSR count). The number of benzene rings is 1. The quantitative estimate of drug-likeness (QED) is 0.777. The van der Waals surface area contributed by atoms with Crippen LogP contribution in [0.2, 0.25) is 0 Å². The molecule has 0 N–H and O–H groups in total. The second kappa shape index (κ2) is 5.88. The summed E-state index contributed by atoms with van der Waals surface area (Å²) >= 11 is 7.20. The second-order valence-corrected chi connectivity index (χ2v) is 6.42. The van der Waals surface area contributed by atoms with E-state index in [4.69, 9.17) is 11.6 Å². The van der Waals surface area contributed by atoms with Crippen LogP contribution in [0.3, 0.4) is 0 Å². The van der Waals surface area contributed by atoms with Gasteiger partial charge in [0.25, 0.3) is 5.91 Å². The van der Waals surface area contributed by atoms with Crippen molar-refractivity contribution in [3.63, 3.8) is 0 Å². The number of rotatable bonds is 4. The van der Waals surface area contributed by atoms with E-state index >= 15 is 0 Å². The van der Waals surface area contributed by atoms with Gasteiger partial charge in [0.2, 0.25) is 0 Å². The molecule has 5 heteroatoms. The number of hydrogen-bond donors (Lipinski definition) is 0. The molecular formula is C14H15ClFNOS. The van der Waals surface area contributed by atoms with Gasteiger partial charge in [0.05, 0.1) is 4.88 Å². The van der Waals surface area contributed by atoms with Crippen LogP contribution in [-0.2, 0) is 0 Å². The van der Waals surface area contributed by atoms with Crippen LogP contribution in [-0.4, -0.2) is 29.8 Å². The van der Waals surface area contributed by atoms with Crippen LogP contribution < -0.4 is 0 Å². The van der Waals surface area contributed by atoms with E-state index in [1.54, 1.807) is 18.0 Å². The largest absolute Gasteiger partial charge is 0.341 e. The summed E-state index contributed by atoms with van der Waals surface area (Å²) in [6, 6.07) is 6.36. The minimum Gasteiger partial charge on any atom is -0.341 e. The molecule has 1 amide bonds. The summed E-state index contributed by atoms with van der Waals surface area (Å²) in [6.45, 7) is 2.52. The third kappa shape index (κ3) is 3.45. The van der Waals surface area contributed by atoms with Crippen molar-refractivity contribution in [2.75, 3.05) is 13.6 Å². The van der Waals surface area contributed by atoms with Gasteiger partial charge in [0.1, 0.15) is 5.82 Å². The first-order valence-corrected chi connectivity index (χ1v) is 7.31. The minimum atomic E-state index is -0.280. The average Bonchev–Trinajstić information content (AvgIpc) is 2.77. The van der Waals surface area contributed by atoms with Gasteiger partial charge < -0.3 is 4.90 Å². The third-order valence-corrected chi connectivity index (χ3v) is 4.21. The molecular weight excluding hydrogens is 285 g/mol. The van der Waals surface area contributed by atoms with E-state index in [2.05, 4.69) is 0 Å². The molecule has 1 aromatic heterocycles. The van der Waals surface area contributed by atoms with Gasteiger partial charge in [-0.15, -0.1) is 22.9 Å². The van der Waals surface area contributed by atoms with Crippen molar-refractivity contribution < 1.29 is 9.18 Å². The third-order valence-electron chi connectivity index (χ3n) is 2.90. The first-order valence-electron chi connectivity index (χ1n) is 6.06. The van der Waals surface area contributed by atoms with Crippen LogP contribution in [0.25, 0.3) is 10.1 Å². The molecule has 0 aliphatic carbocycles. The van der Waals surface area contributed by atoms with E-state index in [0.717, 1.165) is 16.5 Å². The Bertz CT molecular complexity index is 596. The lowest BCUT2D eigenvalue weighted by Crippen LogP contribution is -2.28. The van der Waals surface area contributed by atoms with E-state index in [1.165, 1.54) is 23.5 Å². The van der Waals surface area contributed by atoms with Gasteiger partial charge >= 0.3 is 0 Å². The number of fused-ring (bicyclic) bond motifs is 1. The first-order chi connectivity index (χ1) is 8.97. The van der Waals surface area contributed by atoms with E-state index in [0.29, 0.717) is 11.4 Å². The van der Waals surface area contributed by atoms with Gasteiger partial charge in [-0.3, -0.25) is 4.79 Å². The topological polar surface area (TPSA) is 20.3 Å². The maximum Gasteiger partial charge on any atom is 0.263 e. The van der Waals surface area contributed by atoms with Crippen molar-refractivity contribution >= 4 is 38.9 Å². The minimum absolute atomic E-state index is 0.0427. The maximum atomic E-state index is 13.1. The highest BCUT2D eigenvalue weighted by Crippen LogP contribution is 2.27.